The molecule has 0 heterocycles. The minimum atomic E-state index is -0.912. The van der Waals surface area contributed by atoms with Crippen molar-refractivity contribution in [3.05, 3.63) is 11.8 Å². The quantitative estimate of drug-likeness (QED) is 0.292. The van der Waals surface area contributed by atoms with Gasteiger partial charge in [0.2, 0.25) is 0 Å². The van der Waals surface area contributed by atoms with Crippen molar-refractivity contribution in [3.8, 4) is 6.07 Å². The highest BCUT2D eigenvalue weighted by Crippen LogP contribution is 1.92. The Bertz CT molecular complexity index is 360. The van der Waals surface area contributed by atoms with E-state index in [1.807, 2.05) is 0 Å². The van der Waals surface area contributed by atoms with Gasteiger partial charge in [0.25, 0.3) is 5.91 Å². The SMILES string of the molecule is COCCCN/C=C(/C#N)C(=O)NCCCC(=O)O. The Balaban J connectivity index is 3.93. The van der Waals surface area contributed by atoms with E-state index in [4.69, 9.17) is 15.1 Å². The van der Waals surface area contributed by atoms with Crippen LogP contribution in [0.4, 0.5) is 0 Å². The summed E-state index contributed by atoms with van der Waals surface area (Å²) in [7, 11) is 1.60. The van der Waals surface area contributed by atoms with Gasteiger partial charge in [0.15, 0.2) is 0 Å². The number of nitrogens with one attached hydrogen (secondary N) is 2. The molecule has 0 unspecified atom stereocenters. The molecule has 0 aliphatic carbocycles. The lowest BCUT2D eigenvalue weighted by Gasteiger charge is -2.04. The Labute approximate surface area is 112 Å². The highest BCUT2D eigenvalue weighted by molar-refractivity contribution is 5.97. The van der Waals surface area contributed by atoms with Gasteiger partial charge in [0, 0.05) is 39.4 Å². The first-order valence-electron chi connectivity index (χ1n) is 5.94. The molecule has 0 radical (unpaired) electrons. The molecule has 7 nitrogen and oxygen atoms in total. The molecule has 106 valence electrons. The smallest absolute Gasteiger partial charge is 0.303 e. The monoisotopic (exact) mass is 269 g/mol. The summed E-state index contributed by atoms with van der Waals surface area (Å²) in [5.41, 5.74) is -0.0345. The number of amides is 1. The fourth-order valence-electron chi connectivity index (χ4n) is 1.18. The number of hydrogen-bond acceptors (Lipinski definition) is 5. The van der Waals surface area contributed by atoms with E-state index < -0.39 is 11.9 Å². The Kier molecular flexibility index (Phi) is 9.84. The number of hydrogen-bond donors (Lipinski definition) is 3. The average molecular weight is 269 g/mol. The van der Waals surface area contributed by atoms with Crippen LogP contribution in [0.3, 0.4) is 0 Å². The van der Waals surface area contributed by atoms with Crippen molar-refractivity contribution in [3.63, 3.8) is 0 Å². The molecule has 0 aliphatic heterocycles. The first-order chi connectivity index (χ1) is 9.11. The van der Waals surface area contributed by atoms with Gasteiger partial charge in [-0.05, 0) is 12.8 Å². The third-order valence-electron chi connectivity index (χ3n) is 2.13. The molecule has 7 heteroatoms. The highest BCUT2D eigenvalue weighted by atomic mass is 16.5. The lowest BCUT2D eigenvalue weighted by Crippen LogP contribution is -2.27. The normalized spacial score (nSPS) is 10.6. The molecule has 0 saturated heterocycles. The van der Waals surface area contributed by atoms with Crippen molar-refractivity contribution in [2.75, 3.05) is 26.8 Å². The Morgan fingerprint density at radius 3 is 2.68 bits per heavy atom. The zero-order valence-electron chi connectivity index (χ0n) is 10.9. The van der Waals surface area contributed by atoms with E-state index >= 15 is 0 Å². The molecule has 0 aromatic carbocycles. The third kappa shape index (κ3) is 9.62. The molecule has 1 amide bonds. The van der Waals surface area contributed by atoms with Crippen LogP contribution in [0.2, 0.25) is 0 Å². The molecule has 0 aromatic heterocycles. The van der Waals surface area contributed by atoms with Crippen molar-refractivity contribution in [1.82, 2.24) is 10.6 Å². The first kappa shape index (κ1) is 16.9. The predicted octanol–water partition coefficient (Wildman–Crippen LogP) is 0.000980. The molecule has 19 heavy (non-hydrogen) atoms. The summed E-state index contributed by atoms with van der Waals surface area (Å²) < 4.78 is 4.85. The van der Waals surface area contributed by atoms with Crippen LogP contribution in [-0.4, -0.2) is 43.8 Å². The number of nitrogens with zero attached hydrogens (tertiary/aromatic N) is 1. The van der Waals surface area contributed by atoms with E-state index in [9.17, 15) is 9.59 Å². The van der Waals surface area contributed by atoms with Gasteiger partial charge in [0.05, 0.1) is 0 Å². The zero-order chi connectivity index (χ0) is 14.5. The van der Waals surface area contributed by atoms with Gasteiger partial charge in [0.1, 0.15) is 11.6 Å². The minimum Gasteiger partial charge on any atom is -0.481 e. The molecular weight excluding hydrogens is 250 g/mol. The number of ether oxygens (including phenoxy) is 1. The van der Waals surface area contributed by atoms with E-state index in [0.29, 0.717) is 19.6 Å². The number of aliphatic carboxylic acids is 1. The van der Waals surface area contributed by atoms with Crippen LogP contribution in [0.15, 0.2) is 11.8 Å². The highest BCUT2D eigenvalue weighted by Gasteiger charge is 2.07. The van der Waals surface area contributed by atoms with E-state index in [2.05, 4.69) is 10.6 Å². The first-order valence-corrected chi connectivity index (χ1v) is 5.94. The molecule has 0 atom stereocenters. The molecule has 0 spiro atoms. The van der Waals surface area contributed by atoms with Crippen molar-refractivity contribution in [2.24, 2.45) is 0 Å². The summed E-state index contributed by atoms with van der Waals surface area (Å²) in [5, 5.41) is 22.6. The fraction of sp³-hybridized carbons (Fsp3) is 0.583. The van der Waals surface area contributed by atoms with Gasteiger partial charge >= 0.3 is 5.97 Å². The molecular formula is C12H19N3O4. The van der Waals surface area contributed by atoms with Crippen LogP contribution < -0.4 is 10.6 Å². The summed E-state index contributed by atoms with van der Waals surface area (Å²) >= 11 is 0. The second-order valence-electron chi connectivity index (χ2n) is 3.72. The van der Waals surface area contributed by atoms with E-state index in [0.717, 1.165) is 6.42 Å². The number of carbonyl (C=O) groups excluding carboxylic acids is 1. The lowest BCUT2D eigenvalue weighted by atomic mass is 10.2. The van der Waals surface area contributed by atoms with Gasteiger partial charge in [-0.15, -0.1) is 0 Å². The van der Waals surface area contributed by atoms with Crippen molar-refractivity contribution in [2.45, 2.75) is 19.3 Å². The molecule has 0 aromatic rings. The maximum absolute atomic E-state index is 11.5. The Hall–Kier alpha value is -2.07. The summed E-state index contributed by atoms with van der Waals surface area (Å²) in [6, 6.07) is 1.78. The number of carboxylic acid groups (broad SMARTS) is 1. The Morgan fingerprint density at radius 1 is 1.37 bits per heavy atom. The fourth-order valence-corrected chi connectivity index (χ4v) is 1.18. The van der Waals surface area contributed by atoms with Gasteiger partial charge in [-0.2, -0.15) is 5.26 Å². The summed E-state index contributed by atoms with van der Waals surface area (Å²) in [6.45, 7) is 1.43. The van der Waals surface area contributed by atoms with E-state index in [1.165, 1.54) is 6.20 Å². The van der Waals surface area contributed by atoms with Crippen molar-refractivity contribution in [1.29, 1.82) is 5.26 Å². The van der Waals surface area contributed by atoms with Gasteiger partial charge in [-0.25, -0.2) is 0 Å². The van der Waals surface area contributed by atoms with Crippen LogP contribution in [0.1, 0.15) is 19.3 Å². The summed E-state index contributed by atoms with van der Waals surface area (Å²) in [5.74, 6) is -1.42. The third-order valence-corrected chi connectivity index (χ3v) is 2.13. The maximum Gasteiger partial charge on any atom is 0.303 e. The van der Waals surface area contributed by atoms with Gasteiger partial charge in [-0.1, -0.05) is 0 Å². The number of rotatable bonds is 10. The maximum atomic E-state index is 11.5. The largest absolute Gasteiger partial charge is 0.481 e. The Morgan fingerprint density at radius 2 is 2.11 bits per heavy atom. The van der Waals surface area contributed by atoms with Crippen LogP contribution >= 0.6 is 0 Å². The van der Waals surface area contributed by atoms with Crippen molar-refractivity contribution < 1.29 is 19.4 Å². The molecule has 3 N–H and O–H groups in total. The number of methoxy groups -OCH3 is 1. The molecule has 0 aliphatic rings. The standard InChI is InChI=1S/C12H19N3O4/c1-19-7-3-5-14-9-10(8-13)12(18)15-6-2-4-11(16)17/h9,14H,2-7H2,1H3,(H,15,18)(H,16,17)/b10-9-. The molecule has 0 bridgehead atoms. The molecule has 0 rings (SSSR count). The number of nitriles is 1. The van der Waals surface area contributed by atoms with Crippen LogP contribution in [0.5, 0.6) is 0 Å². The molecule has 0 fully saturated rings. The van der Waals surface area contributed by atoms with Gasteiger partial charge < -0.3 is 20.5 Å². The zero-order valence-corrected chi connectivity index (χ0v) is 10.9. The van der Waals surface area contributed by atoms with Crippen LogP contribution in [-0.2, 0) is 14.3 Å². The van der Waals surface area contributed by atoms with E-state index in [-0.39, 0.29) is 18.5 Å². The summed E-state index contributed by atoms with van der Waals surface area (Å²) in [4.78, 5) is 21.8. The van der Waals surface area contributed by atoms with Gasteiger partial charge in [-0.3, -0.25) is 9.59 Å². The predicted molar refractivity (Wildman–Crippen MR) is 68.1 cm³/mol. The van der Waals surface area contributed by atoms with E-state index in [1.54, 1.807) is 13.2 Å². The number of carbonyl (C=O) groups is 2. The lowest BCUT2D eigenvalue weighted by molar-refractivity contribution is -0.137. The topological polar surface area (TPSA) is 111 Å². The average Bonchev–Trinajstić information content (AvgIpc) is 2.38. The summed E-state index contributed by atoms with van der Waals surface area (Å²) in [6.07, 6.45) is 2.44. The van der Waals surface area contributed by atoms with Crippen molar-refractivity contribution >= 4 is 11.9 Å². The molecule has 0 saturated carbocycles. The number of carboxylic acids is 1. The minimum absolute atomic E-state index is 0.0127. The second-order valence-corrected chi connectivity index (χ2v) is 3.72. The van der Waals surface area contributed by atoms with Crippen LogP contribution in [0.25, 0.3) is 0 Å². The second kappa shape index (κ2) is 11.0. The van der Waals surface area contributed by atoms with Crippen LogP contribution in [0, 0.1) is 11.3 Å².